The number of amides is 1. The van der Waals surface area contributed by atoms with Crippen molar-refractivity contribution >= 4 is 28.3 Å². The molecule has 1 fully saturated rings. The van der Waals surface area contributed by atoms with Crippen molar-refractivity contribution in [3.05, 3.63) is 24.3 Å². The minimum atomic E-state index is -3.65. The zero-order valence-corrected chi connectivity index (χ0v) is 18.0. The number of hydrogen-bond acceptors (Lipinski definition) is 5. The Labute approximate surface area is 174 Å². The van der Waals surface area contributed by atoms with Crippen LogP contribution in [0.5, 0.6) is 5.75 Å². The second-order valence-corrected chi connectivity index (χ2v) is 8.63. The molecular formula is C19H32ClN3O4S. The number of rotatable bonds is 10. The van der Waals surface area contributed by atoms with Gasteiger partial charge >= 0.3 is 0 Å². The lowest BCUT2D eigenvalue weighted by Crippen LogP contribution is -2.46. The van der Waals surface area contributed by atoms with Crippen molar-refractivity contribution in [2.24, 2.45) is 11.7 Å². The first-order valence-corrected chi connectivity index (χ1v) is 11.2. The van der Waals surface area contributed by atoms with Crippen molar-refractivity contribution in [2.75, 3.05) is 19.7 Å². The number of ether oxygens (including phenoxy) is 1. The van der Waals surface area contributed by atoms with Gasteiger partial charge in [-0.3, -0.25) is 4.79 Å². The van der Waals surface area contributed by atoms with Crippen LogP contribution in [-0.4, -0.2) is 40.1 Å². The molecule has 1 aliphatic carbocycles. The lowest BCUT2D eigenvalue weighted by molar-refractivity contribution is -0.122. The van der Waals surface area contributed by atoms with Crippen molar-refractivity contribution in [1.82, 2.24) is 10.0 Å². The van der Waals surface area contributed by atoms with E-state index in [4.69, 9.17) is 10.5 Å². The van der Waals surface area contributed by atoms with Crippen LogP contribution in [0, 0.1) is 5.92 Å². The summed E-state index contributed by atoms with van der Waals surface area (Å²) >= 11 is 0. The Morgan fingerprint density at radius 2 is 1.86 bits per heavy atom. The summed E-state index contributed by atoms with van der Waals surface area (Å²) in [6, 6.07) is 6.17. The van der Waals surface area contributed by atoms with Gasteiger partial charge in [-0.05, 0) is 49.9 Å². The highest BCUT2D eigenvalue weighted by Gasteiger charge is 2.24. The molecule has 0 heterocycles. The van der Waals surface area contributed by atoms with Crippen LogP contribution in [0.4, 0.5) is 0 Å². The van der Waals surface area contributed by atoms with Gasteiger partial charge in [-0.25, -0.2) is 13.1 Å². The third kappa shape index (κ3) is 7.58. The van der Waals surface area contributed by atoms with Crippen LogP contribution >= 0.6 is 12.4 Å². The fraction of sp³-hybridized carbons (Fsp3) is 0.632. The molecule has 1 saturated carbocycles. The number of nitrogens with two attached hydrogens (primary N) is 1. The molecule has 0 bridgehead atoms. The molecule has 160 valence electrons. The first-order valence-electron chi connectivity index (χ1n) is 9.68. The second-order valence-electron chi connectivity index (χ2n) is 6.86. The second kappa shape index (κ2) is 12.3. The summed E-state index contributed by atoms with van der Waals surface area (Å²) in [5.74, 6) is 0.866. The molecule has 0 aliphatic heterocycles. The summed E-state index contributed by atoms with van der Waals surface area (Å²) in [5.41, 5.74) is 5.82. The average Bonchev–Trinajstić information content (AvgIpc) is 2.67. The molecule has 4 N–H and O–H groups in total. The molecule has 7 nitrogen and oxygen atoms in total. The van der Waals surface area contributed by atoms with Gasteiger partial charge in [-0.15, -0.1) is 12.4 Å². The minimum Gasteiger partial charge on any atom is -0.494 e. The number of nitrogens with one attached hydrogen (secondary N) is 2. The van der Waals surface area contributed by atoms with Crippen molar-refractivity contribution in [1.29, 1.82) is 0 Å². The van der Waals surface area contributed by atoms with Crippen molar-refractivity contribution < 1.29 is 17.9 Å². The fourth-order valence-corrected chi connectivity index (χ4v) is 4.48. The number of sulfonamides is 1. The van der Waals surface area contributed by atoms with Crippen LogP contribution in [0.3, 0.4) is 0 Å². The van der Waals surface area contributed by atoms with E-state index in [2.05, 4.69) is 10.0 Å². The Morgan fingerprint density at radius 1 is 1.21 bits per heavy atom. The molecule has 1 unspecified atom stereocenters. The predicted octanol–water partition coefficient (Wildman–Crippen LogP) is 2.20. The van der Waals surface area contributed by atoms with Gasteiger partial charge in [0.05, 0.1) is 11.5 Å². The highest BCUT2D eigenvalue weighted by atomic mass is 35.5. The van der Waals surface area contributed by atoms with E-state index in [1.807, 2.05) is 6.92 Å². The van der Waals surface area contributed by atoms with E-state index in [1.165, 1.54) is 31.4 Å². The van der Waals surface area contributed by atoms with Gasteiger partial charge in [0.2, 0.25) is 15.9 Å². The van der Waals surface area contributed by atoms with Crippen LogP contribution < -0.4 is 20.5 Å². The van der Waals surface area contributed by atoms with Crippen LogP contribution in [0.2, 0.25) is 0 Å². The Morgan fingerprint density at radius 3 is 2.43 bits per heavy atom. The third-order valence-corrected chi connectivity index (χ3v) is 6.39. The Balaban J connectivity index is 0.00000392. The first kappa shape index (κ1) is 24.7. The maximum atomic E-state index is 12.3. The van der Waals surface area contributed by atoms with Crippen molar-refractivity contribution in [3.63, 3.8) is 0 Å². The molecule has 0 saturated heterocycles. The monoisotopic (exact) mass is 433 g/mol. The normalized spacial score (nSPS) is 16.1. The summed E-state index contributed by atoms with van der Waals surface area (Å²) in [5, 5.41) is 2.97. The van der Waals surface area contributed by atoms with Gasteiger partial charge < -0.3 is 15.8 Å². The molecule has 0 spiro atoms. The topological polar surface area (TPSA) is 111 Å². The molecule has 9 heteroatoms. The standard InChI is InChI=1S/C19H31N3O4S.ClH/c1-2-26-16-8-10-17(11-9-16)27(24,25)21-13-12-19(23)22-18(14-20)15-6-4-3-5-7-15;/h8-11,15,18,21H,2-7,12-14,20H2,1H3,(H,22,23);1H. The zero-order valence-electron chi connectivity index (χ0n) is 16.4. The Kier molecular flexibility index (Phi) is 10.8. The summed E-state index contributed by atoms with van der Waals surface area (Å²) in [6.07, 6.45) is 5.87. The van der Waals surface area contributed by atoms with Gasteiger partial charge in [-0.2, -0.15) is 0 Å². The van der Waals surface area contributed by atoms with Gasteiger partial charge in [0.25, 0.3) is 0 Å². The Bertz CT molecular complexity index is 692. The molecule has 1 aromatic carbocycles. The fourth-order valence-electron chi connectivity index (χ4n) is 3.45. The van der Waals surface area contributed by atoms with Gasteiger partial charge in [0.15, 0.2) is 0 Å². The molecule has 1 atom stereocenters. The lowest BCUT2D eigenvalue weighted by atomic mass is 9.84. The summed E-state index contributed by atoms with van der Waals surface area (Å²) in [4.78, 5) is 12.3. The van der Waals surface area contributed by atoms with E-state index in [0.29, 0.717) is 24.8 Å². The van der Waals surface area contributed by atoms with Crippen LogP contribution in [-0.2, 0) is 14.8 Å². The zero-order chi connectivity index (χ0) is 19.7. The third-order valence-electron chi connectivity index (χ3n) is 4.91. The summed E-state index contributed by atoms with van der Waals surface area (Å²) in [7, 11) is -3.65. The number of benzene rings is 1. The molecule has 0 aromatic heterocycles. The molecule has 0 radical (unpaired) electrons. The molecule has 28 heavy (non-hydrogen) atoms. The Hall–Kier alpha value is -1.35. The quantitative estimate of drug-likeness (QED) is 0.523. The molecule has 1 amide bonds. The van der Waals surface area contributed by atoms with Gasteiger partial charge in [0.1, 0.15) is 5.75 Å². The average molecular weight is 434 g/mol. The van der Waals surface area contributed by atoms with Crippen LogP contribution in [0.15, 0.2) is 29.2 Å². The van der Waals surface area contributed by atoms with Crippen LogP contribution in [0.1, 0.15) is 45.4 Å². The lowest BCUT2D eigenvalue weighted by Gasteiger charge is -2.30. The SMILES string of the molecule is CCOc1ccc(S(=O)(=O)NCCC(=O)NC(CN)C2CCCCC2)cc1.Cl. The van der Waals surface area contributed by atoms with E-state index < -0.39 is 10.0 Å². The highest BCUT2D eigenvalue weighted by molar-refractivity contribution is 7.89. The number of hydrogen-bond donors (Lipinski definition) is 3. The highest BCUT2D eigenvalue weighted by Crippen LogP contribution is 2.26. The molecule has 2 rings (SSSR count). The summed E-state index contributed by atoms with van der Waals surface area (Å²) < 4.78 is 32.4. The van der Waals surface area contributed by atoms with Crippen molar-refractivity contribution in [3.8, 4) is 5.75 Å². The smallest absolute Gasteiger partial charge is 0.240 e. The predicted molar refractivity (Wildman–Crippen MR) is 112 cm³/mol. The van der Waals surface area contributed by atoms with Crippen molar-refractivity contribution in [2.45, 2.75) is 56.4 Å². The van der Waals surface area contributed by atoms with Gasteiger partial charge in [0, 0.05) is 25.6 Å². The van der Waals surface area contributed by atoms with Crippen LogP contribution in [0.25, 0.3) is 0 Å². The molecule has 1 aliphatic rings. The maximum Gasteiger partial charge on any atom is 0.240 e. The van der Waals surface area contributed by atoms with E-state index in [1.54, 1.807) is 12.1 Å². The van der Waals surface area contributed by atoms with E-state index in [0.717, 1.165) is 12.8 Å². The van der Waals surface area contributed by atoms with E-state index in [-0.39, 0.29) is 42.2 Å². The minimum absolute atomic E-state index is 0. The first-order chi connectivity index (χ1) is 13.0. The summed E-state index contributed by atoms with van der Waals surface area (Å²) in [6.45, 7) is 2.84. The van der Waals surface area contributed by atoms with Gasteiger partial charge in [-0.1, -0.05) is 19.3 Å². The number of carbonyl (C=O) groups excluding carboxylic acids is 1. The number of halogens is 1. The molecule has 1 aromatic rings. The molecular weight excluding hydrogens is 402 g/mol. The van der Waals surface area contributed by atoms with E-state index >= 15 is 0 Å². The van der Waals surface area contributed by atoms with E-state index in [9.17, 15) is 13.2 Å². The maximum absolute atomic E-state index is 12.3. The number of carbonyl (C=O) groups is 1. The largest absolute Gasteiger partial charge is 0.494 e.